The first-order valence-electron chi connectivity index (χ1n) is 10.2. The Kier molecular flexibility index (Phi) is 5.62. The third-order valence-electron chi connectivity index (χ3n) is 5.38. The lowest BCUT2D eigenvalue weighted by atomic mass is 10.1. The first kappa shape index (κ1) is 19.7. The highest BCUT2D eigenvalue weighted by Gasteiger charge is 2.24. The molecule has 31 heavy (non-hydrogen) atoms. The van der Waals surface area contributed by atoms with Gasteiger partial charge in [-0.2, -0.15) is 5.10 Å². The van der Waals surface area contributed by atoms with Crippen LogP contribution >= 0.6 is 11.8 Å². The van der Waals surface area contributed by atoms with Gasteiger partial charge in [0.2, 0.25) is 12.7 Å². The van der Waals surface area contributed by atoms with Crippen molar-refractivity contribution in [2.45, 2.75) is 0 Å². The van der Waals surface area contributed by atoms with Crippen LogP contribution in [-0.4, -0.2) is 65.3 Å². The summed E-state index contributed by atoms with van der Waals surface area (Å²) in [6, 6.07) is 15.8. The first-order valence-corrected chi connectivity index (χ1v) is 11.2. The molecule has 2 aromatic carbocycles. The van der Waals surface area contributed by atoms with Gasteiger partial charge in [0.05, 0.1) is 5.71 Å². The molecule has 0 spiro atoms. The number of amides is 1. The van der Waals surface area contributed by atoms with E-state index in [0.717, 1.165) is 46.6 Å². The summed E-state index contributed by atoms with van der Waals surface area (Å²) in [5.41, 5.74) is 3.02. The van der Waals surface area contributed by atoms with Gasteiger partial charge in [0.25, 0.3) is 0 Å². The lowest BCUT2D eigenvalue weighted by molar-refractivity contribution is -0.127. The zero-order valence-electron chi connectivity index (χ0n) is 16.9. The summed E-state index contributed by atoms with van der Waals surface area (Å²) < 4.78 is 10.7. The molecular formula is C23H22N4O3S. The van der Waals surface area contributed by atoms with Gasteiger partial charge in [-0.05, 0) is 29.3 Å². The minimum atomic E-state index is 0.0138. The second-order valence-corrected chi connectivity index (χ2v) is 8.28. The van der Waals surface area contributed by atoms with Crippen LogP contribution < -0.4 is 9.47 Å². The fraction of sp³-hybridized carbons (Fsp3) is 0.261. The zero-order valence-corrected chi connectivity index (χ0v) is 17.8. The molecule has 8 heteroatoms. The molecule has 3 heterocycles. The lowest BCUT2D eigenvalue weighted by Gasteiger charge is -2.35. The van der Waals surface area contributed by atoms with Crippen molar-refractivity contribution in [1.29, 1.82) is 0 Å². The Morgan fingerprint density at radius 1 is 0.968 bits per heavy atom. The number of ether oxygens (including phenoxy) is 2. The number of amidine groups is 1. The molecule has 0 radical (unpaired) electrons. The predicted molar refractivity (Wildman–Crippen MR) is 123 cm³/mol. The van der Waals surface area contributed by atoms with E-state index < -0.39 is 0 Å². The second kappa shape index (κ2) is 8.85. The van der Waals surface area contributed by atoms with Gasteiger partial charge in [-0.1, -0.05) is 48.2 Å². The molecule has 2 aromatic rings. The van der Waals surface area contributed by atoms with Crippen LogP contribution in [0.5, 0.6) is 11.5 Å². The van der Waals surface area contributed by atoms with E-state index in [4.69, 9.17) is 9.47 Å². The summed E-state index contributed by atoms with van der Waals surface area (Å²) in [6.07, 6.45) is 3.44. The normalized spacial score (nSPS) is 18.2. The number of hydrogen-bond acceptors (Lipinski definition) is 7. The van der Waals surface area contributed by atoms with Crippen LogP contribution in [0.15, 0.2) is 64.8 Å². The fourth-order valence-corrected chi connectivity index (χ4v) is 4.58. The smallest absolute Gasteiger partial charge is 0.246 e. The molecule has 0 unspecified atom stereocenters. The number of piperazine rings is 1. The predicted octanol–water partition coefficient (Wildman–Crippen LogP) is 3.08. The fourth-order valence-electron chi connectivity index (χ4n) is 3.63. The Morgan fingerprint density at radius 3 is 2.55 bits per heavy atom. The molecule has 3 aliphatic rings. The van der Waals surface area contributed by atoms with E-state index in [2.05, 4.69) is 27.2 Å². The van der Waals surface area contributed by atoms with Crippen molar-refractivity contribution in [3.05, 3.63) is 65.7 Å². The van der Waals surface area contributed by atoms with Crippen LogP contribution in [0, 0.1) is 0 Å². The molecule has 1 fully saturated rings. The standard InChI is InChI=1S/C23H22N4O3S/c28-22(9-7-17-6-8-20-21(14-17)30-16-29-20)26-10-12-27(13-11-26)23-25-24-19(15-31-23)18-4-2-1-3-5-18/h1-9,14H,10-13,15-16H2. The summed E-state index contributed by atoms with van der Waals surface area (Å²) in [5.74, 6) is 2.27. The lowest BCUT2D eigenvalue weighted by Crippen LogP contribution is -2.50. The number of thioether (sulfide) groups is 1. The van der Waals surface area contributed by atoms with Crippen LogP contribution in [0.3, 0.4) is 0 Å². The summed E-state index contributed by atoms with van der Waals surface area (Å²) in [5, 5.41) is 9.80. The molecule has 1 saturated heterocycles. The van der Waals surface area contributed by atoms with Gasteiger partial charge in [-0.25, -0.2) is 0 Å². The van der Waals surface area contributed by atoms with E-state index in [1.807, 2.05) is 47.4 Å². The average Bonchev–Trinajstić information content (AvgIpc) is 3.31. The van der Waals surface area contributed by atoms with Crippen molar-refractivity contribution < 1.29 is 14.3 Å². The van der Waals surface area contributed by atoms with Crippen LogP contribution in [0.1, 0.15) is 11.1 Å². The largest absolute Gasteiger partial charge is 0.454 e. The number of carbonyl (C=O) groups excluding carboxylic acids is 1. The van der Waals surface area contributed by atoms with Crippen molar-refractivity contribution in [2.75, 3.05) is 38.7 Å². The van der Waals surface area contributed by atoms with Crippen molar-refractivity contribution in [1.82, 2.24) is 9.80 Å². The number of benzene rings is 2. The number of rotatable bonds is 3. The molecule has 3 aliphatic heterocycles. The van der Waals surface area contributed by atoms with E-state index in [1.54, 1.807) is 17.8 Å². The number of fused-ring (bicyclic) bond motifs is 1. The van der Waals surface area contributed by atoms with E-state index >= 15 is 0 Å². The Balaban J connectivity index is 1.16. The molecule has 1 amide bonds. The first-order chi connectivity index (χ1) is 15.3. The van der Waals surface area contributed by atoms with Crippen LogP contribution in [0.4, 0.5) is 0 Å². The van der Waals surface area contributed by atoms with E-state index in [-0.39, 0.29) is 12.7 Å². The number of carbonyl (C=O) groups is 1. The SMILES string of the molecule is O=C(C=Cc1ccc2c(c1)OCO2)N1CCN(C2=NN=C(c3ccccc3)CS2)CC1. The monoisotopic (exact) mass is 434 g/mol. The Morgan fingerprint density at radius 2 is 1.77 bits per heavy atom. The van der Waals surface area contributed by atoms with Crippen molar-refractivity contribution >= 4 is 34.6 Å². The average molecular weight is 435 g/mol. The van der Waals surface area contributed by atoms with Crippen molar-refractivity contribution in [2.24, 2.45) is 10.2 Å². The van der Waals surface area contributed by atoms with Gasteiger partial charge in [-0.15, -0.1) is 5.10 Å². The molecule has 0 atom stereocenters. The van der Waals surface area contributed by atoms with E-state index in [1.165, 1.54) is 0 Å². The summed E-state index contributed by atoms with van der Waals surface area (Å²) in [7, 11) is 0. The van der Waals surface area contributed by atoms with Crippen LogP contribution in [0.2, 0.25) is 0 Å². The van der Waals surface area contributed by atoms with E-state index in [9.17, 15) is 4.79 Å². The molecule has 0 aliphatic carbocycles. The van der Waals surface area contributed by atoms with Gasteiger partial charge < -0.3 is 19.3 Å². The molecule has 0 aromatic heterocycles. The molecule has 7 nitrogen and oxygen atoms in total. The maximum Gasteiger partial charge on any atom is 0.246 e. The highest BCUT2D eigenvalue weighted by molar-refractivity contribution is 8.14. The van der Waals surface area contributed by atoms with Crippen molar-refractivity contribution in [3.63, 3.8) is 0 Å². The molecule has 0 N–H and O–H groups in total. The summed E-state index contributed by atoms with van der Waals surface area (Å²) in [4.78, 5) is 16.7. The molecule has 5 rings (SSSR count). The Bertz CT molecular complexity index is 1060. The van der Waals surface area contributed by atoms with Gasteiger partial charge in [0, 0.05) is 38.0 Å². The summed E-state index contributed by atoms with van der Waals surface area (Å²) >= 11 is 1.71. The second-order valence-electron chi connectivity index (χ2n) is 7.34. The summed E-state index contributed by atoms with van der Waals surface area (Å²) in [6.45, 7) is 3.09. The molecule has 0 bridgehead atoms. The minimum Gasteiger partial charge on any atom is -0.454 e. The molecular weight excluding hydrogens is 412 g/mol. The van der Waals surface area contributed by atoms with Gasteiger partial charge in [0.1, 0.15) is 0 Å². The highest BCUT2D eigenvalue weighted by Crippen LogP contribution is 2.32. The quantitative estimate of drug-likeness (QED) is 0.695. The van der Waals surface area contributed by atoms with Gasteiger partial charge in [0.15, 0.2) is 16.7 Å². The minimum absolute atomic E-state index is 0.0138. The van der Waals surface area contributed by atoms with Crippen molar-refractivity contribution in [3.8, 4) is 11.5 Å². The highest BCUT2D eigenvalue weighted by atomic mass is 32.2. The third kappa shape index (κ3) is 4.44. The Labute approximate surface area is 185 Å². The van der Waals surface area contributed by atoms with Crippen LogP contribution in [0.25, 0.3) is 6.08 Å². The van der Waals surface area contributed by atoms with Crippen LogP contribution in [-0.2, 0) is 4.79 Å². The molecule has 158 valence electrons. The van der Waals surface area contributed by atoms with E-state index in [0.29, 0.717) is 18.8 Å². The van der Waals surface area contributed by atoms with Gasteiger partial charge >= 0.3 is 0 Å². The maximum atomic E-state index is 12.6. The topological polar surface area (TPSA) is 66.7 Å². The number of nitrogens with zero attached hydrogens (tertiary/aromatic N) is 4. The third-order valence-corrected chi connectivity index (χ3v) is 6.39. The zero-order chi connectivity index (χ0) is 21.0. The Hall–Kier alpha value is -3.26. The maximum absolute atomic E-state index is 12.6. The molecule has 0 saturated carbocycles. The number of hydrogen-bond donors (Lipinski definition) is 0. The van der Waals surface area contributed by atoms with Gasteiger partial charge in [-0.3, -0.25) is 4.79 Å².